The summed E-state index contributed by atoms with van der Waals surface area (Å²) in [6.07, 6.45) is -0.0929. The van der Waals surface area contributed by atoms with Crippen molar-refractivity contribution in [1.82, 2.24) is 14.7 Å². The standard InChI is InChI=1S/C25H31N3O3/c1-19-17-28(18-20(2)31-19)25(30)24(29)27-15-13-26(14-16-27)23(21-9-5-3-6-10-21)22-11-7-4-8-12-22/h3-12,19-20,23H,13-18H2,1-2H3. The van der Waals surface area contributed by atoms with Gasteiger partial charge in [0.15, 0.2) is 0 Å². The smallest absolute Gasteiger partial charge is 0.312 e. The molecule has 164 valence electrons. The summed E-state index contributed by atoms with van der Waals surface area (Å²) < 4.78 is 5.69. The molecule has 6 nitrogen and oxygen atoms in total. The van der Waals surface area contributed by atoms with Crippen molar-refractivity contribution in [1.29, 1.82) is 0 Å². The molecule has 0 N–H and O–H groups in total. The summed E-state index contributed by atoms with van der Waals surface area (Å²) in [6.45, 7) is 7.37. The maximum absolute atomic E-state index is 12.9. The molecule has 2 heterocycles. The van der Waals surface area contributed by atoms with Crippen molar-refractivity contribution in [2.75, 3.05) is 39.3 Å². The third kappa shape index (κ3) is 4.97. The molecule has 0 spiro atoms. The van der Waals surface area contributed by atoms with Gasteiger partial charge in [0.1, 0.15) is 0 Å². The van der Waals surface area contributed by atoms with Gasteiger partial charge in [-0.2, -0.15) is 0 Å². The number of rotatable bonds is 3. The summed E-state index contributed by atoms with van der Waals surface area (Å²) in [7, 11) is 0. The number of benzene rings is 2. The summed E-state index contributed by atoms with van der Waals surface area (Å²) in [6, 6.07) is 21.1. The molecule has 0 bridgehead atoms. The van der Waals surface area contributed by atoms with Crippen molar-refractivity contribution in [3.8, 4) is 0 Å². The predicted octanol–water partition coefficient (Wildman–Crippen LogP) is 2.56. The van der Waals surface area contributed by atoms with E-state index in [-0.39, 0.29) is 18.2 Å². The second kappa shape index (κ2) is 9.62. The average molecular weight is 422 g/mol. The van der Waals surface area contributed by atoms with E-state index in [0.29, 0.717) is 26.2 Å². The Labute approximate surface area is 184 Å². The number of carbonyl (C=O) groups is 2. The Morgan fingerprint density at radius 1 is 0.742 bits per heavy atom. The fraction of sp³-hybridized carbons (Fsp3) is 0.440. The van der Waals surface area contributed by atoms with Crippen molar-refractivity contribution >= 4 is 11.8 Å². The molecule has 2 aliphatic rings. The monoisotopic (exact) mass is 421 g/mol. The molecule has 0 aromatic heterocycles. The van der Waals surface area contributed by atoms with Crippen LogP contribution in [0, 0.1) is 0 Å². The first-order valence-electron chi connectivity index (χ1n) is 11.1. The molecule has 2 saturated heterocycles. The first-order chi connectivity index (χ1) is 15.0. The van der Waals surface area contributed by atoms with Gasteiger partial charge in [-0.3, -0.25) is 14.5 Å². The molecule has 0 radical (unpaired) electrons. The molecule has 2 aromatic carbocycles. The molecule has 2 atom stereocenters. The van der Waals surface area contributed by atoms with Crippen LogP contribution in [0.4, 0.5) is 0 Å². The largest absolute Gasteiger partial charge is 0.372 e. The van der Waals surface area contributed by atoms with Gasteiger partial charge in [0.25, 0.3) is 0 Å². The average Bonchev–Trinajstić information content (AvgIpc) is 2.79. The number of carbonyl (C=O) groups excluding carboxylic acids is 2. The van der Waals surface area contributed by atoms with Crippen LogP contribution in [-0.2, 0) is 14.3 Å². The van der Waals surface area contributed by atoms with Crippen LogP contribution in [0.15, 0.2) is 60.7 Å². The third-order valence-corrected chi connectivity index (χ3v) is 6.09. The highest BCUT2D eigenvalue weighted by Crippen LogP contribution is 2.29. The third-order valence-electron chi connectivity index (χ3n) is 6.09. The zero-order valence-corrected chi connectivity index (χ0v) is 18.3. The van der Waals surface area contributed by atoms with Crippen LogP contribution in [0.3, 0.4) is 0 Å². The van der Waals surface area contributed by atoms with E-state index in [9.17, 15) is 9.59 Å². The van der Waals surface area contributed by atoms with Crippen LogP contribution in [-0.4, -0.2) is 78.0 Å². The fourth-order valence-corrected chi connectivity index (χ4v) is 4.68. The van der Waals surface area contributed by atoms with E-state index in [1.807, 2.05) is 26.0 Å². The molecule has 2 aliphatic heterocycles. The number of amides is 2. The lowest BCUT2D eigenvalue weighted by Crippen LogP contribution is -2.56. The number of nitrogens with zero attached hydrogens (tertiary/aromatic N) is 3. The Hall–Kier alpha value is -2.70. The van der Waals surface area contributed by atoms with Gasteiger partial charge in [0.05, 0.1) is 18.2 Å². The zero-order valence-electron chi connectivity index (χ0n) is 18.3. The van der Waals surface area contributed by atoms with Gasteiger partial charge in [-0.1, -0.05) is 60.7 Å². The first kappa shape index (κ1) is 21.5. The number of morpholine rings is 1. The van der Waals surface area contributed by atoms with Gasteiger partial charge in [-0.05, 0) is 25.0 Å². The van der Waals surface area contributed by atoms with Gasteiger partial charge in [0.2, 0.25) is 0 Å². The van der Waals surface area contributed by atoms with Crippen molar-refractivity contribution in [2.45, 2.75) is 32.1 Å². The number of piperazine rings is 1. The van der Waals surface area contributed by atoms with Crippen molar-refractivity contribution in [3.63, 3.8) is 0 Å². The Kier molecular flexibility index (Phi) is 6.68. The minimum Gasteiger partial charge on any atom is -0.372 e. The first-order valence-corrected chi connectivity index (χ1v) is 11.1. The summed E-state index contributed by atoms with van der Waals surface area (Å²) >= 11 is 0. The highest BCUT2D eigenvalue weighted by atomic mass is 16.5. The van der Waals surface area contributed by atoms with Gasteiger partial charge in [0, 0.05) is 39.3 Å². The second-order valence-corrected chi connectivity index (χ2v) is 8.52. The van der Waals surface area contributed by atoms with Crippen molar-refractivity contribution < 1.29 is 14.3 Å². The summed E-state index contributed by atoms with van der Waals surface area (Å²) in [5.41, 5.74) is 2.47. The lowest BCUT2D eigenvalue weighted by atomic mass is 9.96. The van der Waals surface area contributed by atoms with E-state index in [1.54, 1.807) is 9.80 Å². The second-order valence-electron chi connectivity index (χ2n) is 8.52. The van der Waals surface area contributed by atoms with Gasteiger partial charge >= 0.3 is 11.8 Å². The molecule has 0 aliphatic carbocycles. The topological polar surface area (TPSA) is 53.1 Å². The van der Waals surface area contributed by atoms with E-state index < -0.39 is 11.8 Å². The zero-order chi connectivity index (χ0) is 21.8. The molecule has 31 heavy (non-hydrogen) atoms. The molecule has 2 aromatic rings. The highest BCUT2D eigenvalue weighted by molar-refractivity contribution is 6.34. The summed E-state index contributed by atoms with van der Waals surface area (Å²) in [4.78, 5) is 31.5. The van der Waals surface area contributed by atoms with E-state index in [0.717, 1.165) is 13.1 Å². The fourth-order valence-electron chi connectivity index (χ4n) is 4.68. The Balaban J connectivity index is 1.43. The Bertz CT molecular complexity index is 832. The maximum Gasteiger partial charge on any atom is 0.312 e. The van der Waals surface area contributed by atoms with E-state index in [4.69, 9.17) is 4.74 Å². The maximum atomic E-state index is 12.9. The molecule has 0 saturated carbocycles. The normalized spacial score (nSPS) is 22.5. The molecular weight excluding hydrogens is 390 g/mol. The van der Waals surface area contributed by atoms with Crippen LogP contribution in [0.25, 0.3) is 0 Å². The molecule has 6 heteroatoms. The molecule has 2 fully saturated rings. The minimum absolute atomic E-state index is 0.0464. The van der Waals surface area contributed by atoms with Crippen LogP contribution in [0.1, 0.15) is 31.0 Å². The summed E-state index contributed by atoms with van der Waals surface area (Å²) in [5, 5.41) is 0. The van der Waals surface area contributed by atoms with Crippen LogP contribution in [0.5, 0.6) is 0 Å². The molecule has 4 rings (SSSR count). The number of hydrogen-bond donors (Lipinski definition) is 0. The Morgan fingerprint density at radius 2 is 1.19 bits per heavy atom. The van der Waals surface area contributed by atoms with Crippen LogP contribution >= 0.6 is 0 Å². The molecule has 2 unspecified atom stereocenters. The number of ether oxygens (including phenoxy) is 1. The summed E-state index contributed by atoms with van der Waals surface area (Å²) in [5.74, 6) is -0.796. The lowest BCUT2D eigenvalue weighted by molar-refractivity contribution is -0.159. The van der Waals surface area contributed by atoms with Crippen LogP contribution < -0.4 is 0 Å². The minimum atomic E-state index is -0.405. The SMILES string of the molecule is CC1CN(C(=O)C(=O)N2CCN(C(c3ccccc3)c3ccccc3)CC2)CC(C)O1. The van der Waals surface area contributed by atoms with Crippen molar-refractivity contribution in [2.24, 2.45) is 0 Å². The molecular formula is C25H31N3O3. The van der Waals surface area contributed by atoms with Gasteiger partial charge in [-0.25, -0.2) is 0 Å². The highest BCUT2D eigenvalue weighted by Gasteiger charge is 2.35. The van der Waals surface area contributed by atoms with Crippen LogP contribution in [0.2, 0.25) is 0 Å². The van der Waals surface area contributed by atoms with E-state index in [2.05, 4.69) is 53.4 Å². The van der Waals surface area contributed by atoms with E-state index in [1.165, 1.54) is 11.1 Å². The quantitative estimate of drug-likeness (QED) is 0.715. The number of hydrogen-bond acceptors (Lipinski definition) is 4. The van der Waals surface area contributed by atoms with Gasteiger partial charge in [-0.15, -0.1) is 0 Å². The van der Waals surface area contributed by atoms with Gasteiger partial charge < -0.3 is 14.5 Å². The molecule has 2 amide bonds. The lowest BCUT2D eigenvalue weighted by Gasteiger charge is -2.40. The predicted molar refractivity (Wildman–Crippen MR) is 119 cm³/mol. The van der Waals surface area contributed by atoms with Crippen molar-refractivity contribution in [3.05, 3.63) is 71.8 Å². The Morgan fingerprint density at radius 3 is 1.68 bits per heavy atom. The van der Waals surface area contributed by atoms with E-state index >= 15 is 0 Å².